The molecule has 0 aliphatic carbocycles. The van der Waals surface area contributed by atoms with E-state index in [1.165, 1.54) is 0 Å². The van der Waals surface area contributed by atoms with E-state index in [2.05, 4.69) is 20.0 Å². The van der Waals surface area contributed by atoms with Crippen LogP contribution in [-0.2, 0) is 10.0 Å². The highest BCUT2D eigenvalue weighted by Gasteiger charge is 2.22. The van der Waals surface area contributed by atoms with E-state index in [0.717, 1.165) is 6.26 Å². The van der Waals surface area contributed by atoms with E-state index in [-0.39, 0.29) is 5.92 Å². The Labute approximate surface area is 125 Å². The summed E-state index contributed by atoms with van der Waals surface area (Å²) in [4.78, 5) is 8.49. The molecule has 114 valence electrons. The molecule has 0 fully saturated rings. The molecular weight excluding hydrogens is 300 g/mol. The molecule has 0 spiro atoms. The SMILES string of the molecule is CC(C)c1nc(Cl)cc(NCC(C)(C)NS(C)(=O)=O)n1. The van der Waals surface area contributed by atoms with Crippen molar-refractivity contribution in [2.24, 2.45) is 0 Å². The molecule has 1 aromatic heterocycles. The second kappa shape index (κ2) is 6.24. The number of anilines is 1. The summed E-state index contributed by atoms with van der Waals surface area (Å²) in [5, 5.41) is 3.44. The first-order valence-corrected chi connectivity index (χ1v) is 8.53. The molecule has 6 nitrogen and oxygen atoms in total. The molecule has 0 bridgehead atoms. The lowest BCUT2D eigenvalue weighted by molar-refractivity contribution is 0.475. The number of aromatic nitrogens is 2. The van der Waals surface area contributed by atoms with Gasteiger partial charge in [0.25, 0.3) is 0 Å². The number of hydrogen-bond donors (Lipinski definition) is 2. The van der Waals surface area contributed by atoms with E-state index in [1.54, 1.807) is 19.9 Å². The monoisotopic (exact) mass is 320 g/mol. The summed E-state index contributed by atoms with van der Waals surface area (Å²) >= 11 is 5.95. The van der Waals surface area contributed by atoms with Crippen molar-refractivity contribution in [3.8, 4) is 0 Å². The second-order valence-corrected chi connectivity index (χ2v) is 7.84. The van der Waals surface area contributed by atoms with Crippen LogP contribution >= 0.6 is 11.6 Å². The molecule has 0 saturated carbocycles. The summed E-state index contributed by atoms with van der Waals surface area (Å²) in [7, 11) is -3.26. The van der Waals surface area contributed by atoms with Crippen LogP contribution in [0.2, 0.25) is 5.15 Å². The summed E-state index contributed by atoms with van der Waals surface area (Å²) in [6, 6.07) is 1.62. The third kappa shape index (κ3) is 6.02. The van der Waals surface area contributed by atoms with Crippen molar-refractivity contribution in [1.82, 2.24) is 14.7 Å². The highest BCUT2D eigenvalue weighted by Crippen LogP contribution is 2.17. The maximum atomic E-state index is 11.3. The smallest absolute Gasteiger partial charge is 0.209 e. The maximum absolute atomic E-state index is 11.3. The number of sulfonamides is 1. The van der Waals surface area contributed by atoms with E-state index >= 15 is 0 Å². The van der Waals surface area contributed by atoms with E-state index in [0.29, 0.717) is 23.3 Å². The molecule has 0 atom stereocenters. The van der Waals surface area contributed by atoms with Crippen LogP contribution in [-0.4, -0.2) is 36.7 Å². The Morgan fingerprint density at radius 1 is 1.35 bits per heavy atom. The Morgan fingerprint density at radius 2 is 1.95 bits per heavy atom. The molecule has 0 amide bonds. The zero-order valence-electron chi connectivity index (χ0n) is 12.4. The molecule has 0 unspecified atom stereocenters. The Bertz CT molecular complexity index is 573. The molecule has 1 rings (SSSR count). The van der Waals surface area contributed by atoms with Gasteiger partial charge in [0.1, 0.15) is 16.8 Å². The van der Waals surface area contributed by atoms with Gasteiger partial charge in [-0.2, -0.15) is 0 Å². The van der Waals surface area contributed by atoms with Crippen molar-refractivity contribution in [3.63, 3.8) is 0 Å². The van der Waals surface area contributed by atoms with Crippen molar-refractivity contribution in [3.05, 3.63) is 17.0 Å². The van der Waals surface area contributed by atoms with Gasteiger partial charge in [-0.15, -0.1) is 0 Å². The highest BCUT2D eigenvalue weighted by molar-refractivity contribution is 7.88. The molecule has 1 heterocycles. The van der Waals surface area contributed by atoms with Gasteiger partial charge in [0.05, 0.1) is 6.26 Å². The average molecular weight is 321 g/mol. The summed E-state index contributed by atoms with van der Waals surface area (Å²) in [6.45, 7) is 7.90. The molecule has 0 radical (unpaired) electrons. The van der Waals surface area contributed by atoms with Crippen molar-refractivity contribution in [2.75, 3.05) is 18.1 Å². The van der Waals surface area contributed by atoms with Crippen LogP contribution in [0.25, 0.3) is 0 Å². The van der Waals surface area contributed by atoms with Gasteiger partial charge in [-0.25, -0.2) is 23.1 Å². The zero-order valence-corrected chi connectivity index (χ0v) is 13.9. The van der Waals surface area contributed by atoms with Crippen LogP contribution in [0, 0.1) is 0 Å². The number of nitrogens with one attached hydrogen (secondary N) is 2. The zero-order chi connectivity index (χ0) is 15.6. The fourth-order valence-corrected chi connectivity index (χ4v) is 2.90. The van der Waals surface area contributed by atoms with Crippen molar-refractivity contribution in [1.29, 1.82) is 0 Å². The predicted molar refractivity (Wildman–Crippen MR) is 81.7 cm³/mol. The second-order valence-electron chi connectivity index (χ2n) is 5.70. The first kappa shape index (κ1) is 17.1. The minimum absolute atomic E-state index is 0.163. The molecule has 1 aromatic rings. The first-order chi connectivity index (χ1) is 8.98. The molecule has 8 heteroatoms. The molecule has 20 heavy (non-hydrogen) atoms. The quantitative estimate of drug-likeness (QED) is 0.783. The van der Waals surface area contributed by atoms with Gasteiger partial charge in [-0.3, -0.25) is 0 Å². The lowest BCUT2D eigenvalue weighted by atomic mass is 10.1. The van der Waals surface area contributed by atoms with Gasteiger partial charge in [-0.1, -0.05) is 25.4 Å². The average Bonchev–Trinajstić information content (AvgIpc) is 2.22. The summed E-state index contributed by atoms with van der Waals surface area (Å²) in [5.74, 6) is 1.39. The Balaban J connectivity index is 2.79. The fraction of sp³-hybridized carbons (Fsp3) is 0.667. The van der Waals surface area contributed by atoms with Gasteiger partial charge in [0.2, 0.25) is 10.0 Å². The van der Waals surface area contributed by atoms with Crippen molar-refractivity contribution < 1.29 is 8.42 Å². The number of nitrogens with zero attached hydrogens (tertiary/aromatic N) is 2. The van der Waals surface area contributed by atoms with Crippen LogP contribution in [0.3, 0.4) is 0 Å². The lowest BCUT2D eigenvalue weighted by Gasteiger charge is -2.25. The maximum Gasteiger partial charge on any atom is 0.209 e. The van der Waals surface area contributed by atoms with Crippen LogP contribution in [0.1, 0.15) is 39.4 Å². The third-order valence-corrected chi connectivity index (χ3v) is 3.52. The standard InChI is InChI=1S/C12H21ClN4O2S/c1-8(2)11-15-9(13)6-10(16-11)14-7-12(3,4)17-20(5,18)19/h6,8,17H,7H2,1-5H3,(H,14,15,16). The summed E-state index contributed by atoms with van der Waals surface area (Å²) in [6.07, 6.45) is 1.13. The lowest BCUT2D eigenvalue weighted by Crippen LogP contribution is -2.47. The Morgan fingerprint density at radius 3 is 2.45 bits per heavy atom. The largest absolute Gasteiger partial charge is 0.368 e. The van der Waals surface area contributed by atoms with Crippen molar-refractivity contribution >= 4 is 27.4 Å². The molecule has 0 aliphatic rings. The van der Waals surface area contributed by atoms with E-state index in [1.807, 2.05) is 13.8 Å². The van der Waals surface area contributed by atoms with Gasteiger partial charge in [-0.05, 0) is 13.8 Å². The first-order valence-electron chi connectivity index (χ1n) is 6.26. The topological polar surface area (TPSA) is 84.0 Å². The van der Waals surface area contributed by atoms with Gasteiger partial charge in [0, 0.05) is 24.1 Å². The van der Waals surface area contributed by atoms with Gasteiger partial charge in [0.15, 0.2) is 0 Å². The minimum Gasteiger partial charge on any atom is -0.368 e. The molecule has 0 aliphatic heterocycles. The van der Waals surface area contributed by atoms with E-state index in [4.69, 9.17) is 11.6 Å². The Kier molecular flexibility index (Phi) is 5.34. The highest BCUT2D eigenvalue weighted by atomic mass is 35.5. The molecular formula is C12H21ClN4O2S. The molecule has 0 aromatic carbocycles. The number of rotatable bonds is 6. The summed E-state index contributed by atoms with van der Waals surface area (Å²) in [5.41, 5.74) is -0.636. The van der Waals surface area contributed by atoms with E-state index < -0.39 is 15.6 Å². The van der Waals surface area contributed by atoms with Gasteiger partial charge < -0.3 is 5.32 Å². The molecule has 0 saturated heterocycles. The third-order valence-electron chi connectivity index (χ3n) is 2.40. The predicted octanol–water partition coefficient (Wildman–Crippen LogP) is 1.99. The van der Waals surface area contributed by atoms with Crippen molar-refractivity contribution in [2.45, 2.75) is 39.2 Å². The van der Waals surface area contributed by atoms with Gasteiger partial charge >= 0.3 is 0 Å². The van der Waals surface area contributed by atoms with Crippen LogP contribution in [0.5, 0.6) is 0 Å². The normalized spacial score (nSPS) is 12.8. The Hall–Kier alpha value is -0.920. The fourth-order valence-electron chi connectivity index (χ4n) is 1.63. The summed E-state index contributed by atoms with van der Waals surface area (Å²) < 4.78 is 25.1. The van der Waals surface area contributed by atoms with Crippen LogP contribution < -0.4 is 10.0 Å². The number of halogens is 1. The van der Waals surface area contributed by atoms with E-state index in [9.17, 15) is 8.42 Å². The van der Waals surface area contributed by atoms with Crippen LogP contribution in [0.15, 0.2) is 6.07 Å². The van der Waals surface area contributed by atoms with Crippen LogP contribution in [0.4, 0.5) is 5.82 Å². The minimum atomic E-state index is -3.26. The number of hydrogen-bond acceptors (Lipinski definition) is 5. The molecule has 2 N–H and O–H groups in total.